The lowest BCUT2D eigenvalue weighted by Gasteiger charge is -2.06. The summed E-state index contributed by atoms with van der Waals surface area (Å²) >= 11 is 0. The van der Waals surface area contributed by atoms with Gasteiger partial charge >= 0.3 is 0 Å². The number of nitrogens with zero attached hydrogens (tertiary/aromatic N) is 3. The Morgan fingerprint density at radius 2 is 0.750 bits per heavy atom. The molecular weight excluding hydrogens is 538 g/mol. The standard InChI is InChI=1S/C39H25N5/c40-24-28-29-16-18-31(41-29)37(25-10-4-1-5-11-25)33-20-22-35(43-33)39(27-14-8-3-9-15-27)36-23-21-34(44-36)38(26-12-6-2-7-13-26)32-19-17-30(28)42-32/h1-23,41,44H. The second-order valence-corrected chi connectivity index (χ2v) is 10.7. The third-order valence-corrected chi connectivity index (χ3v) is 8.05. The minimum absolute atomic E-state index is 0.484. The van der Waals surface area contributed by atoms with Gasteiger partial charge in [0.2, 0.25) is 0 Å². The van der Waals surface area contributed by atoms with Gasteiger partial charge in [-0.15, -0.1) is 0 Å². The Morgan fingerprint density at radius 1 is 0.409 bits per heavy atom. The second kappa shape index (κ2) is 10.5. The largest absolute Gasteiger partial charge is 0.354 e. The summed E-state index contributed by atoms with van der Waals surface area (Å²) in [4.78, 5) is 17.5. The normalized spacial score (nSPS) is 11.9. The Morgan fingerprint density at radius 3 is 1.16 bits per heavy atom. The summed E-state index contributed by atoms with van der Waals surface area (Å²) in [7, 11) is 0. The fourth-order valence-corrected chi connectivity index (χ4v) is 6.05. The van der Waals surface area contributed by atoms with E-state index in [1.807, 2.05) is 66.7 Å². The van der Waals surface area contributed by atoms with Crippen LogP contribution in [0.15, 0.2) is 115 Å². The van der Waals surface area contributed by atoms with Crippen molar-refractivity contribution in [1.82, 2.24) is 19.9 Å². The Hall–Kier alpha value is -6.25. The van der Waals surface area contributed by atoms with Gasteiger partial charge in [-0.3, -0.25) is 0 Å². The predicted molar refractivity (Wildman–Crippen MR) is 180 cm³/mol. The first-order chi connectivity index (χ1) is 21.8. The molecule has 2 aliphatic rings. The first-order valence-electron chi connectivity index (χ1n) is 14.5. The van der Waals surface area contributed by atoms with Gasteiger partial charge in [-0.25, -0.2) is 9.97 Å². The minimum Gasteiger partial charge on any atom is -0.354 e. The van der Waals surface area contributed by atoms with Crippen LogP contribution in [0, 0.1) is 11.3 Å². The molecule has 0 spiro atoms. The molecule has 0 saturated carbocycles. The van der Waals surface area contributed by atoms with Gasteiger partial charge in [0.05, 0.1) is 28.3 Å². The van der Waals surface area contributed by atoms with Crippen LogP contribution in [-0.2, 0) is 0 Å². The number of aromatic amines is 2. The maximum Gasteiger partial charge on any atom is 0.104 e. The van der Waals surface area contributed by atoms with Crippen LogP contribution in [0.3, 0.4) is 0 Å². The van der Waals surface area contributed by atoms with Crippen molar-refractivity contribution in [3.8, 4) is 39.4 Å². The lowest BCUT2D eigenvalue weighted by molar-refractivity contribution is 1.30. The van der Waals surface area contributed by atoms with Crippen LogP contribution in [0.25, 0.3) is 79.8 Å². The second-order valence-electron chi connectivity index (χ2n) is 10.7. The van der Waals surface area contributed by atoms with E-state index in [0.29, 0.717) is 16.8 Å². The number of nitriles is 1. The van der Waals surface area contributed by atoms with Crippen LogP contribution in [0.2, 0.25) is 0 Å². The summed E-state index contributed by atoms with van der Waals surface area (Å²) in [5.41, 5.74) is 13.1. The number of hydrogen-bond donors (Lipinski definition) is 2. The smallest absolute Gasteiger partial charge is 0.104 e. The summed E-state index contributed by atoms with van der Waals surface area (Å²) < 4.78 is 0. The Balaban J connectivity index is 1.58. The van der Waals surface area contributed by atoms with Crippen LogP contribution >= 0.6 is 0 Å². The van der Waals surface area contributed by atoms with E-state index in [1.54, 1.807) is 0 Å². The van der Waals surface area contributed by atoms with Crippen LogP contribution in [0.5, 0.6) is 0 Å². The number of fused-ring (bicyclic) bond motifs is 8. The van der Waals surface area contributed by atoms with E-state index in [4.69, 9.17) is 9.97 Å². The zero-order valence-corrected chi connectivity index (χ0v) is 23.6. The van der Waals surface area contributed by atoms with Crippen LogP contribution in [0.1, 0.15) is 28.3 Å². The number of aromatic nitrogens is 4. The molecule has 0 unspecified atom stereocenters. The molecular formula is C39H25N5. The maximum atomic E-state index is 10.3. The van der Waals surface area contributed by atoms with E-state index < -0.39 is 0 Å². The van der Waals surface area contributed by atoms with Gasteiger partial charge in [-0.2, -0.15) is 5.26 Å². The molecule has 0 amide bonds. The van der Waals surface area contributed by atoms with Gasteiger partial charge < -0.3 is 9.97 Å². The fourth-order valence-electron chi connectivity index (χ4n) is 6.05. The highest BCUT2D eigenvalue weighted by Crippen LogP contribution is 2.36. The number of hydrogen-bond acceptors (Lipinski definition) is 3. The molecule has 3 aromatic carbocycles. The lowest BCUT2D eigenvalue weighted by atomic mass is 10.0. The monoisotopic (exact) mass is 563 g/mol. The SMILES string of the molecule is N#Cc1c2nc(c(-c3ccccc3)c3ccc([nH]3)c(-c3ccccc3)c3nc(c(-c4ccccc4)c4ccc1[nH]4)C=C3)C=C2. The van der Waals surface area contributed by atoms with Crippen LogP contribution in [-0.4, -0.2) is 19.9 Å². The highest BCUT2D eigenvalue weighted by molar-refractivity contribution is 5.97. The number of benzene rings is 3. The van der Waals surface area contributed by atoms with Crippen molar-refractivity contribution in [3.63, 3.8) is 0 Å². The molecule has 44 heavy (non-hydrogen) atoms. The lowest BCUT2D eigenvalue weighted by Crippen LogP contribution is -1.89. The predicted octanol–water partition coefficient (Wildman–Crippen LogP) is 9.53. The van der Waals surface area contributed by atoms with E-state index in [2.05, 4.69) is 88.9 Å². The van der Waals surface area contributed by atoms with Crippen molar-refractivity contribution in [2.75, 3.05) is 0 Å². The third-order valence-electron chi connectivity index (χ3n) is 8.05. The quantitative estimate of drug-likeness (QED) is 0.225. The summed E-state index contributed by atoms with van der Waals surface area (Å²) in [6, 6.07) is 41.4. The molecule has 0 aliphatic carbocycles. The van der Waals surface area contributed by atoms with E-state index in [-0.39, 0.29) is 0 Å². The topological polar surface area (TPSA) is 81.2 Å². The summed E-state index contributed by atoms with van der Waals surface area (Å²) in [6.07, 6.45) is 8.07. The molecule has 6 aromatic rings. The number of H-pyrrole nitrogens is 2. The molecule has 2 N–H and O–H groups in total. The maximum absolute atomic E-state index is 10.3. The van der Waals surface area contributed by atoms with Crippen molar-refractivity contribution in [1.29, 1.82) is 5.26 Å². The fraction of sp³-hybridized carbons (Fsp3) is 0. The molecule has 5 heterocycles. The average Bonchev–Trinajstić information content (AvgIpc) is 3.90. The van der Waals surface area contributed by atoms with Gasteiger partial charge in [0, 0.05) is 33.2 Å². The number of rotatable bonds is 3. The Kier molecular flexibility index (Phi) is 6.10. The highest BCUT2D eigenvalue weighted by atomic mass is 14.8. The molecule has 2 aliphatic heterocycles. The Labute approximate surface area is 254 Å². The summed E-state index contributed by atoms with van der Waals surface area (Å²) in [5, 5.41) is 10.3. The van der Waals surface area contributed by atoms with Gasteiger partial charge in [-0.05, 0) is 65.3 Å². The van der Waals surface area contributed by atoms with Crippen molar-refractivity contribution < 1.29 is 0 Å². The molecule has 5 heteroatoms. The molecule has 0 atom stereocenters. The van der Waals surface area contributed by atoms with E-state index >= 15 is 0 Å². The summed E-state index contributed by atoms with van der Waals surface area (Å²) in [5.74, 6) is 0. The van der Waals surface area contributed by atoms with Gasteiger partial charge in [0.25, 0.3) is 0 Å². The van der Waals surface area contributed by atoms with Crippen LogP contribution in [0.4, 0.5) is 0 Å². The summed E-state index contributed by atoms with van der Waals surface area (Å²) in [6.45, 7) is 0. The van der Waals surface area contributed by atoms with E-state index in [9.17, 15) is 5.26 Å². The van der Waals surface area contributed by atoms with Crippen molar-refractivity contribution in [3.05, 3.63) is 144 Å². The van der Waals surface area contributed by atoms with Crippen LogP contribution < -0.4 is 0 Å². The van der Waals surface area contributed by atoms with Crippen molar-refractivity contribution in [2.45, 2.75) is 0 Å². The molecule has 3 aromatic heterocycles. The first-order valence-corrected chi connectivity index (χ1v) is 14.5. The molecule has 0 fully saturated rings. The Bertz CT molecular complexity index is 2280. The molecule has 8 bridgehead atoms. The molecule has 206 valence electrons. The van der Waals surface area contributed by atoms with Gasteiger partial charge in [0.1, 0.15) is 11.6 Å². The first kappa shape index (κ1) is 25.5. The minimum atomic E-state index is 0.484. The zero-order chi connectivity index (χ0) is 29.5. The molecule has 8 rings (SSSR count). The van der Waals surface area contributed by atoms with Gasteiger partial charge in [0.15, 0.2) is 0 Å². The molecule has 5 nitrogen and oxygen atoms in total. The van der Waals surface area contributed by atoms with Gasteiger partial charge in [-0.1, -0.05) is 91.0 Å². The number of nitrogens with one attached hydrogen (secondary N) is 2. The molecule has 0 radical (unpaired) electrons. The average molecular weight is 564 g/mol. The zero-order valence-electron chi connectivity index (χ0n) is 23.6. The van der Waals surface area contributed by atoms with E-state index in [1.165, 1.54) is 0 Å². The van der Waals surface area contributed by atoms with Crippen molar-refractivity contribution in [2.24, 2.45) is 0 Å². The van der Waals surface area contributed by atoms with E-state index in [0.717, 1.165) is 67.0 Å². The molecule has 0 saturated heterocycles. The highest BCUT2D eigenvalue weighted by Gasteiger charge is 2.17. The third kappa shape index (κ3) is 4.34. The van der Waals surface area contributed by atoms with Crippen molar-refractivity contribution >= 4 is 46.4 Å².